The lowest BCUT2D eigenvalue weighted by Gasteiger charge is -2.19. The molecule has 5 nitrogen and oxygen atoms in total. The Balaban J connectivity index is 2.29. The molecule has 0 saturated heterocycles. The number of rotatable bonds is 5. The molecule has 0 aliphatic heterocycles. The zero-order chi connectivity index (χ0) is 17.0. The number of sulfonamides is 1. The van der Waals surface area contributed by atoms with Gasteiger partial charge in [0.1, 0.15) is 0 Å². The molecule has 0 heterocycles. The predicted octanol–water partition coefficient (Wildman–Crippen LogP) is 2.85. The predicted molar refractivity (Wildman–Crippen MR) is 92.4 cm³/mol. The van der Waals surface area contributed by atoms with E-state index in [4.69, 9.17) is 0 Å². The molecule has 0 spiro atoms. The number of anilines is 1. The van der Waals surface area contributed by atoms with Crippen LogP contribution in [0, 0.1) is 5.21 Å². The zero-order valence-electron chi connectivity index (χ0n) is 13.4. The van der Waals surface area contributed by atoms with Gasteiger partial charge in [0.2, 0.25) is 0 Å². The van der Waals surface area contributed by atoms with Crippen molar-refractivity contribution in [2.45, 2.75) is 24.8 Å². The molecule has 2 aromatic carbocycles. The summed E-state index contributed by atoms with van der Waals surface area (Å²) in [4.78, 5) is 0.183. The van der Waals surface area contributed by atoms with Gasteiger partial charge < -0.3 is 5.21 Å². The molecular weight excluding hydrogens is 312 g/mol. The van der Waals surface area contributed by atoms with Crippen LogP contribution in [0.2, 0.25) is 0 Å². The van der Waals surface area contributed by atoms with Crippen LogP contribution in [-0.2, 0) is 10.0 Å². The fourth-order valence-electron chi connectivity index (χ4n) is 1.96. The van der Waals surface area contributed by atoms with Crippen molar-refractivity contribution in [3.05, 3.63) is 65.4 Å². The van der Waals surface area contributed by atoms with Crippen LogP contribution in [0.15, 0.2) is 59.5 Å². The highest BCUT2D eigenvalue weighted by Crippen LogP contribution is 2.21. The summed E-state index contributed by atoms with van der Waals surface area (Å²) in [6, 6.07) is 15.0. The fraction of sp³-hybridized carbons (Fsp3) is 0.235. The largest absolute Gasteiger partial charge is 0.624 e. The van der Waals surface area contributed by atoms with Crippen LogP contribution in [0.25, 0.3) is 0 Å². The summed E-state index contributed by atoms with van der Waals surface area (Å²) in [6.07, 6.45) is 1.45. The summed E-state index contributed by atoms with van der Waals surface area (Å²) in [5, 5.41) is 11.6. The Morgan fingerprint density at radius 1 is 1.04 bits per heavy atom. The van der Waals surface area contributed by atoms with Crippen LogP contribution >= 0.6 is 0 Å². The van der Waals surface area contributed by atoms with Crippen LogP contribution in [0.1, 0.15) is 19.4 Å². The molecule has 122 valence electrons. The van der Waals surface area contributed by atoms with Crippen LogP contribution < -0.4 is 4.31 Å². The Kier molecular flexibility index (Phi) is 5.05. The highest BCUT2D eigenvalue weighted by atomic mass is 32.2. The maximum atomic E-state index is 12.6. The summed E-state index contributed by atoms with van der Waals surface area (Å²) in [7, 11) is -2.11. The van der Waals surface area contributed by atoms with Crippen LogP contribution in [0.3, 0.4) is 0 Å². The van der Waals surface area contributed by atoms with Crippen molar-refractivity contribution in [1.82, 2.24) is 0 Å². The Labute approximate surface area is 137 Å². The van der Waals surface area contributed by atoms with E-state index in [-0.39, 0.29) is 10.9 Å². The number of hydroxylamine groups is 1. The number of para-hydroxylation sites is 1. The minimum atomic E-state index is -3.63. The number of hydrogen-bond donors (Lipinski definition) is 0. The van der Waals surface area contributed by atoms with E-state index in [9.17, 15) is 13.6 Å². The van der Waals surface area contributed by atoms with Crippen molar-refractivity contribution in [2.24, 2.45) is 0 Å². The lowest BCUT2D eigenvalue weighted by molar-refractivity contribution is -0.487. The van der Waals surface area contributed by atoms with E-state index in [1.54, 1.807) is 50.2 Å². The van der Waals surface area contributed by atoms with Gasteiger partial charge in [-0.25, -0.2) is 13.2 Å². The van der Waals surface area contributed by atoms with Gasteiger partial charge in [-0.3, -0.25) is 4.31 Å². The van der Waals surface area contributed by atoms with Gasteiger partial charge in [-0.15, -0.1) is 0 Å². The molecule has 0 radical (unpaired) electrons. The van der Waals surface area contributed by atoms with Crippen molar-refractivity contribution in [3.63, 3.8) is 0 Å². The monoisotopic (exact) mass is 332 g/mol. The summed E-state index contributed by atoms with van der Waals surface area (Å²) >= 11 is 0. The second-order valence-electron chi connectivity index (χ2n) is 5.46. The third-order valence-electron chi connectivity index (χ3n) is 3.44. The average Bonchev–Trinajstić information content (AvgIpc) is 2.55. The molecule has 0 amide bonds. The molecule has 0 fully saturated rings. The number of benzene rings is 2. The van der Waals surface area contributed by atoms with E-state index in [0.717, 1.165) is 4.74 Å². The molecule has 23 heavy (non-hydrogen) atoms. The molecule has 2 aromatic rings. The normalized spacial score (nSPS) is 12.4. The topological polar surface area (TPSA) is 63.5 Å². The first-order valence-electron chi connectivity index (χ1n) is 7.27. The van der Waals surface area contributed by atoms with E-state index >= 15 is 0 Å². The second kappa shape index (κ2) is 6.83. The highest BCUT2D eigenvalue weighted by molar-refractivity contribution is 7.92. The molecule has 0 N–H and O–H groups in total. The highest BCUT2D eigenvalue weighted by Gasteiger charge is 2.20. The summed E-state index contributed by atoms with van der Waals surface area (Å²) < 4.78 is 27.3. The SMILES string of the molecule is CC(C)[N+]([O-])=Cc1ccc(S(=O)(=O)N(C)c2ccccc2)cc1. The first-order chi connectivity index (χ1) is 10.8. The molecule has 2 rings (SSSR count). The second-order valence-corrected chi connectivity index (χ2v) is 7.43. The first-order valence-corrected chi connectivity index (χ1v) is 8.71. The van der Waals surface area contributed by atoms with Crippen molar-refractivity contribution in [1.29, 1.82) is 0 Å². The molecule has 0 aliphatic rings. The van der Waals surface area contributed by atoms with E-state index in [1.165, 1.54) is 29.7 Å². The van der Waals surface area contributed by atoms with Gasteiger partial charge in [0.25, 0.3) is 10.0 Å². The van der Waals surface area contributed by atoms with Crippen LogP contribution in [0.4, 0.5) is 5.69 Å². The first kappa shape index (κ1) is 17.0. The van der Waals surface area contributed by atoms with E-state index in [1.807, 2.05) is 6.07 Å². The Morgan fingerprint density at radius 2 is 1.61 bits per heavy atom. The third-order valence-corrected chi connectivity index (χ3v) is 5.24. The van der Waals surface area contributed by atoms with E-state index < -0.39 is 10.0 Å². The smallest absolute Gasteiger partial charge is 0.264 e. The number of nitrogens with zero attached hydrogens (tertiary/aromatic N) is 2. The van der Waals surface area contributed by atoms with E-state index in [2.05, 4.69) is 0 Å². The van der Waals surface area contributed by atoms with Gasteiger partial charge >= 0.3 is 0 Å². The molecule has 0 unspecified atom stereocenters. The van der Waals surface area contributed by atoms with Crippen LogP contribution in [-0.4, -0.2) is 32.5 Å². The van der Waals surface area contributed by atoms with Crippen LogP contribution in [0.5, 0.6) is 0 Å². The van der Waals surface area contributed by atoms with Crippen molar-refractivity contribution >= 4 is 21.9 Å². The van der Waals surface area contributed by atoms with Gasteiger partial charge in [0.05, 0.1) is 10.6 Å². The van der Waals surface area contributed by atoms with Gasteiger partial charge in [0, 0.05) is 12.6 Å². The van der Waals surface area contributed by atoms with Gasteiger partial charge in [-0.1, -0.05) is 18.2 Å². The Hall–Kier alpha value is -2.34. The lowest BCUT2D eigenvalue weighted by Crippen LogP contribution is -2.26. The third kappa shape index (κ3) is 3.90. The van der Waals surface area contributed by atoms with Crippen molar-refractivity contribution in [2.75, 3.05) is 11.4 Å². The Bertz CT molecular complexity index is 782. The summed E-state index contributed by atoms with van der Waals surface area (Å²) in [6.45, 7) is 3.58. The zero-order valence-corrected chi connectivity index (χ0v) is 14.2. The standard InChI is InChI=1S/C17H20N2O3S/c1-14(2)19(20)13-15-9-11-17(12-10-15)23(21,22)18(3)16-7-5-4-6-8-16/h4-14H,1-3H3. The van der Waals surface area contributed by atoms with Gasteiger partial charge in [-0.2, -0.15) is 0 Å². The molecule has 0 bridgehead atoms. The van der Waals surface area contributed by atoms with Crippen molar-refractivity contribution in [3.8, 4) is 0 Å². The minimum Gasteiger partial charge on any atom is -0.624 e. The average molecular weight is 332 g/mol. The van der Waals surface area contributed by atoms with Crippen molar-refractivity contribution < 1.29 is 13.2 Å². The molecule has 0 atom stereocenters. The van der Waals surface area contributed by atoms with Gasteiger partial charge in [0.15, 0.2) is 12.3 Å². The maximum Gasteiger partial charge on any atom is 0.264 e. The summed E-state index contributed by atoms with van der Waals surface area (Å²) in [5.74, 6) is 0. The fourth-order valence-corrected chi connectivity index (χ4v) is 3.15. The molecule has 0 saturated carbocycles. The van der Waals surface area contributed by atoms with Gasteiger partial charge in [-0.05, 0) is 50.2 Å². The molecule has 0 aromatic heterocycles. The molecule has 0 aliphatic carbocycles. The minimum absolute atomic E-state index is 0.164. The molecule has 6 heteroatoms. The lowest BCUT2D eigenvalue weighted by atomic mass is 10.2. The van der Waals surface area contributed by atoms with E-state index in [0.29, 0.717) is 11.3 Å². The quantitative estimate of drug-likeness (QED) is 0.366. The maximum absolute atomic E-state index is 12.6. The Morgan fingerprint density at radius 3 is 2.13 bits per heavy atom. The molecular formula is C17H20N2O3S. The number of hydrogen-bond acceptors (Lipinski definition) is 3. The summed E-state index contributed by atoms with van der Waals surface area (Å²) in [5.41, 5.74) is 1.25.